The van der Waals surface area contributed by atoms with Crippen LogP contribution in [0.1, 0.15) is 57.7 Å². The molecule has 0 saturated carbocycles. The molecule has 1 unspecified atom stereocenters. The third-order valence-electron chi connectivity index (χ3n) is 3.69. The van der Waals surface area contributed by atoms with E-state index in [2.05, 4.69) is 37.9 Å². The van der Waals surface area contributed by atoms with Crippen LogP contribution in [0.25, 0.3) is 0 Å². The van der Waals surface area contributed by atoms with Crippen LogP contribution in [-0.4, -0.2) is 19.6 Å². The lowest BCUT2D eigenvalue weighted by molar-refractivity contribution is 0.558. The molecule has 0 fully saturated rings. The maximum absolute atomic E-state index is 13.9. The van der Waals surface area contributed by atoms with Gasteiger partial charge in [-0.3, -0.25) is 0 Å². The molecule has 0 radical (unpaired) electrons. The van der Waals surface area contributed by atoms with Crippen LogP contribution in [0.5, 0.6) is 0 Å². The van der Waals surface area contributed by atoms with E-state index >= 15 is 0 Å². The minimum Gasteiger partial charge on any atom is -0.372 e. The molecule has 1 atom stereocenters. The SMILES string of the molecule is CCCNC(C)c1cc(F)c(C)cc1N(CC)CCC. The van der Waals surface area contributed by atoms with E-state index in [0.29, 0.717) is 0 Å². The second-order valence-corrected chi connectivity index (χ2v) is 5.42. The Hall–Kier alpha value is -1.09. The lowest BCUT2D eigenvalue weighted by Crippen LogP contribution is -2.28. The molecule has 0 aromatic heterocycles. The summed E-state index contributed by atoms with van der Waals surface area (Å²) in [4.78, 5) is 2.34. The Morgan fingerprint density at radius 3 is 2.45 bits per heavy atom. The lowest BCUT2D eigenvalue weighted by Gasteiger charge is -2.28. The Labute approximate surface area is 123 Å². The summed E-state index contributed by atoms with van der Waals surface area (Å²) in [5, 5.41) is 3.46. The third kappa shape index (κ3) is 4.20. The molecule has 0 bridgehead atoms. The van der Waals surface area contributed by atoms with Gasteiger partial charge in [-0.2, -0.15) is 0 Å². The van der Waals surface area contributed by atoms with E-state index in [0.717, 1.165) is 43.6 Å². The Morgan fingerprint density at radius 2 is 1.90 bits per heavy atom. The van der Waals surface area contributed by atoms with Gasteiger partial charge in [-0.15, -0.1) is 0 Å². The molecule has 1 rings (SSSR count). The van der Waals surface area contributed by atoms with Crippen molar-refractivity contribution >= 4 is 5.69 Å². The number of nitrogens with zero attached hydrogens (tertiary/aromatic N) is 1. The molecule has 2 nitrogen and oxygen atoms in total. The van der Waals surface area contributed by atoms with Crippen LogP contribution in [0.2, 0.25) is 0 Å². The number of rotatable bonds is 8. The smallest absolute Gasteiger partial charge is 0.126 e. The Bertz CT molecular complexity index is 418. The topological polar surface area (TPSA) is 15.3 Å². The molecule has 0 saturated heterocycles. The van der Waals surface area contributed by atoms with Crippen LogP contribution >= 0.6 is 0 Å². The summed E-state index contributed by atoms with van der Waals surface area (Å²) in [5.74, 6) is -0.110. The van der Waals surface area contributed by atoms with Gasteiger partial charge in [0.25, 0.3) is 0 Å². The van der Waals surface area contributed by atoms with Crippen LogP contribution in [0.15, 0.2) is 12.1 Å². The Kier molecular flexibility index (Phi) is 7.00. The zero-order chi connectivity index (χ0) is 15.1. The normalized spacial score (nSPS) is 12.5. The van der Waals surface area contributed by atoms with E-state index in [1.54, 1.807) is 6.07 Å². The summed E-state index contributed by atoms with van der Waals surface area (Å²) in [6.07, 6.45) is 2.18. The summed E-state index contributed by atoms with van der Waals surface area (Å²) in [7, 11) is 0. The molecule has 1 aromatic rings. The van der Waals surface area contributed by atoms with Gasteiger partial charge in [0.2, 0.25) is 0 Å². The zero-order valence-electron chi connectivity index (χ0n) is 13.6. The molecule has 0 aliphatic heterocycles. The van der Waals surface area contributed by atoms with Crippen molar-refractivity contribution in [3.05, 3.63) is 29.1 Å². The van der Waals surface area contributed by atoms with Crippen molar-refractivity contribution in [2.24, 2.45) is 0 Å². The highest BCUT2D eigenvalue weighted by atomic mass is 19.1. The van der Waals surface area contributed by atoms with E-state index in [1.165, 1.54) is 5.69 Å². The summed E-state index contributed by atoms with van der Waals surface area (Å²) in [5.41, 5.74) is 2.96. The van der Waals surface area contributed by atoms with E-state index in [1.807, 2.05) is 13.0 Å². The van der Waals surface area contributed by atoms with Gasteiger partial charge in [-0.05, 0) is 63.4 Å². The zero-order valence-corrected chi connectivity index (χ0v) is 13.6. The first-order valence-corrected chi connectivity index (χ1v) is 7.83. The minimum absolute atomic E-state index is 0.110. The predicted octanol–water partition coefficient (Wildman–Crippen LogP) is 4.43. The highest BCUT2D eigenvalue weighted by Gasteiger charge is 2.16. The summed E-state index contributed by atoms with van der Waals surface area (Å²) < 4.78 is 13.9. The second-order valence-electron chi connectivity index (χ2n) is 5.42. The highest BCUT2D eigenvalue weighted by molar-refractivity contribution is 5.57. The van der Waals surface area contributed by atoms with Crippen molar-refractivity contribution < 1.29 is 4.39 Å². The summed E-state index contributed by atoms with van der Waals surface area (Å²) >= 11 is 0. The van der Waals surface area contributed by atoms with Gasteiger partial charge in [0.05, 0.1) is 0 Å². The van der Waals surface area contributed by atoms with Crippen LogP contribution < -0.4 is 10.2 Å². The minimum atomic E-state index is -0.110. The standard InChI is InChI=1S/C17H29FN2/c1-6-9-19-14(5)15-12-16(18)13(4)11-17(15)20(8-3)10-7-2/h11-12,14,19H,6-10H2,1-5H3. The number of aryl methyl sites for hydroxylation is 1. The van der Waals surface area contributed by atoms with E-state index in [4.69, 9.17) is 0 Å². The van der Waals surface area contributed by atoms with Crippen molar-refractivity contribution in [1.29, 1.82) is 0 Å². The fourth-order valence-electron chi connectivity index (χ4n) is 2.49. The van der Waals surface area contributed by atoms with E-state index in [9.17, 15) is 4.39 Å². The maximum Gasteiger partial charge on any atom is 0.126 e. The second kappa shape index (κ2) is 8.25. The van der Waals surface area contributed by atoms with Gasteiger partial charge in [0.1, 0.15) is 5.82 Å². The molecule has 20 heavy (non-hydrogen) atoms. The first-order chi connectivity index (χ1) is 9.54. The van der Waals surface area contributed by atoms with Crippen molar-refractivity contribution in [2.75, 3.05) is 24.5 Å². The molecular formula is C17H29FN2. The van der Waals surface area contributed by atoms with E-state index < -0.39 is 0 Å². The van der Waals surface area contributed by atoms with Crippen molar-refractivity contribution in [3.8, 4) is 0 Å². The predicted molar refractivity (Wildman–Crippen MR) is 86.0 cm³/mol. The largest absolute Gasteiger partial charge is 0.372 e. The number of benzene rings is 1. The Morgan fingerprint density at radius 1 is 1.20 bits per heavy atom. The quantitative estimate of drug-likeness (QED) is 0.757. The first-order valence-electron chi connectivity index (χ1n) is 7.83. The fraction of sp³-hybridized carbons (Fsp3) is 0.647. The van der Waals surface area contributed by atoms with Crippen molar-refractivity contribution in [2.45, 2.75) is 53.5 Å². The number of nitrogens with one attached hydrogen (secondary N) is 1. The monoisotopic (exact) mass is 280 g/mol. The molecular weight excluding hydrogens is 251 g/mol. The van der Waals surface area contributed by atoms with Gasteiger partial charge in [0, 0.05) is 24.8 Å². The van der Waals surface area contributed by atoms with Crippen LogP contribution in [0.4, 0.5) is 10.1 Å². The molecule has 1 N–H and O–H groups in total. The van der Waals surface area contributed by atoms with E-state index in [-0.39, 0.29) is 11.9 Å². The maximum atomic E-state index is 13.9. The number of hydrogen-bond donors (Lipinski definition) is 1. The summed E-state index contributed by atoms with van der Waals surface area (Å²) in [6.45, 7) is 13.3. The summed E-state index contributed by atoms with van der Waals surface area (Å²) in [6, 6.07) is 3.87. The van der Waals surface area contributed by atoms with Crippen LogP contribution in [-0.2, 0) is 0 Å². The number of anilines is 1. The number of halogens is 1. The van der Waals surface area contributed by atoms with Gasteiger partial charge >= 0.3 is 0 Å². The molecule has 1 aromatic carbocycles. The van der Waals surface area contributed by atoms with Crippen LogP contribution in [0, 0.1) is 12.7 Å². The highest BCUT2D eigenvalue weighted by Crippen LogP contribution is 2.29. The molecule has 0 aliphatic carbocycles. The molecule has 114 valence electrons. The molecule has 0 spiro atoms. The van der Waals surface area contributed by atoms with Crippen molar-refractivity contribution in [3.63, 3.8) is 0 Å². The van der Waals surface area contributed by atoms with Gasteiger partial charge in [-0.25, -0.2) is 4.39 Å². The van der Waals surface area contributed by atoms with Crippen molar-refractivity contribution in [1.82, 2.24) is 5.32 Å². The fourth-order valence-corrected chi connectivity index (χ4v) is 2.49. The molecule has 0 amide bonds. The van der Waals surface area contributed by atoms with Gasteiger partial charge in [0.15, 0.2) is 0 Å². The Balaban J connectivity index is 3.15. The van der Waals surface area contributed by atoms with Gasteiger partial charge in [-0.1, -0.05) is 13.8 Å². The third-order valence-corrected chi connectivity index (χ3v) is 3.69. The average Bonchev–Trinajstić information content (AvgIpc) is 2.44. The molecule has 0 heterocycles. The lowest BCUT2D eigenvalue weighted by atomic mass is 10.0. The van der Waals surface area contributed by atoms with Gasteiger partial charge < -0.3 is 10.2 Å². The number of hydrogen-bond acceptors (Lipinski definition) is 2. The average molecular weight is 280 g/mol. The van der Waals surface area contributed by atoms with Crippen LogP contribution in [0.3, 0.4) is 0 Å². The molecule has 0 aliphatic rings. The molecule has 3 heteroatoms. The first kappa shape index (κ1) is 17.0.